The van der Waals surface area contributed by atoms with Crippen LogP contribution in [0.3, 0.4) is 0 Å². The number of ketones is 2. The molecule has 0 atom stereocenters. The molecule has 12 heteroatoms. The molecular formula is C104H72N4O8. The van der Waals surface area contributed by atoms with Crippen LogP contribution in [0.15, 0.2) is 364 Å². The van der Waals surface area contributed by atoms with Crippen molar-refractivity contribution in [2.24, 2.45) is 0 Å². The number of para-hydroxylation sites is 8. The Morgan fingerprint density at radius 1 is 0.190 bits per heavy atom. The highest BCUT2D eigenvalue weighted by molar-refractivity contribution is 6.30. The number of aromatic nitrogens is 4. The average Bonchev–Trinajstić information content (AvgIpc) is 1.55. The van der Waals surface area contributed by atoms with Gasteiger partial charge in [0.05, 0.1) is 55.3 Å². The summed E-state index contributed by atoms with van der Waals surface area (Å²) in [6.07, 6.45) is 0. The topological polar surface area (TPSA) is 109 Å². The van der Waals surface area contributed by atoms with E-state index in [1.54, 1.807) is 36.4 Å². The zero-order chi connectivity index (χ0) is 77.2. The normalized spacial score (nSPS) is 12.0. The molecular weight excluding hydrogens is 1430 g/mol. The monoisotopic (exact) mass is 1500 g/mol. The SMILES string of the molecule is O=C1c2cccc(OCc3cc(OCc4ccc(-n5c6ccccc6c6ccccc65)cc4)cc(OCc4ccc(-n5c6ccccc6c6ccccc65)cc4)c3)c2C(=O)c2cccc(OCc3cc(OCc4ccc(-n5c6ccccc6c6ccccc65)cc4)cc(OCc4ccc(-n5c6ccccc6c6ccccc65)cc4)c3)c21. The molecule has 556 valence electrons. The van der Waals surface area contributed by atoms with Crippen LogP contribution in [0.25, 0.3) is 110 Å². The number of rotatable bonds is 22. The molecule has 116 heavy (non-hydrogen) atoms. The van der Waals surface area contributed by atoms with Gasteiger partial charge in [0.1, 0.15) is 74.1 Å². The van der Waals surface area contributed by atoms with E-state index < -0.39 is 0 Å². The van der Waals surface area contributed by atoms with Gasteiger partial charge in [-0.1, -0.05) is 218 Å². The first-order chi connectivity index (χ1) is 57.3. The van der Waals surface area contributed by atoms with Crippen LogP contribution in [0, 0.1) is 0 Å². The van der Waals surface area contributed by atoms with Crippen LogP contribution in [-0.4, -0.2) is 29.8 Å². The number of nitrogens with zero attached hydrogens (tertiary/aromatic N) is 4. The number of benzene rings is 16. The molecule has 0 saturated carbocycles. The largest absolute Gasteiger partial charge is 0.489 e. The lowest BCUT2D eigenvalue weighted by atomic mass is 9.83. The number of carbonyl (C=O) groups is 2. The second-order valence-electron chi connectivity index (χ2n) is 29.5. The molecule has 1 aliphatic rings. The van der Waals surface area contributed by atoms with Crippen molar-refractivity contribution >= 4 is 98.8 Å². The van der Waals surface area contributed by atoms with Crippen molar-refractivity contribution in [3.63, 3.8) is 0 Å². The molecule has 0 radical (unpaired) electrons. The van der Waals surface area contributed by atoms with Crippen molar-refractivity contribution in [3.8, 4) is 57.2 Å². The van der Waals surface area contributed by atoms with Gasteiger partial charge in [-0.15, -0.1) is 0 Å². The predicted molar refractivity (Wildman–Crippen MR) is 462 cm³/mol. The van der Waals surface area contributed by atoms with E-state index in [9.17, 15) is 0 Å². The fraction of sp³-hybridized carbons (Fsp3) is 0.0577. The van der Waals surface area contributed by atoms with Crippen LogP contribution < -0.4 is 28.4 Å². The van der Waals surface area contributed by atoms with Crippen molar-refractivity contribution in [1.82, 2.24) is 18.3 Å². The first-order valence-corrected chi connectivity index (χ1v) is 39.0. The maximum Gasteiger partial charge on any atom is 0.198 e. The van der Waals surface area contributed by atoms with E-state index in [0.29, 0.717) is 23.0 Å². The zero-order valence-corrected chi connectivity index (χ0v) is 62.9. The molecule has 16 aromatic carbocycles. The Balaban J connectivity index is 0.541. The summed E-state index contributed by atoms with van der Waals surface area (Å²) >= 11 is 0. The van der Waals surface area contributed by atoms with E-state index in [1.807, 2.05) is 36.4 Å². The Morgan fingerprint density at radius 2 is 0.397 bits per heavy atom. The van der Waals surface area contributed by atoms with Crippen LogP contribution in [0.2, 0.25) is 0 Å². The van der Waals surface area contributed by atoms with Crippen molar-refractivity contribution in [2.75, 3.05) is 0 Å². The minimum atomic E-state index is -0.359. The fourth-order valence-corrected chi connectivity index (χ4v) is 16.9. The van der Waals surface area contributed by atoms with Crippen LogP contribution in [0.1, 0.15) is 65.2 Å². The highest BCUT2D eigenvalue weighted by Gasteiger charge is 2.35. The molecule has 0 N–H and O–H groups in total. The van der Waals surface area contributed by atoms with Gasteiger partial charge in [-0.2, -0.15) is 0 Å². The van der Waals surface area contributed by atoms with Gasteiger partial charge in [0.25, 0.3) is 0 Å². The molecule has 21 rings (SSSR count). The smallest absolute Gasteiger partial charge is 0.198 e. The molecule has 0 fully saturated rings. The molecule has 20 aromatic rings. The Bertz CT molecular complexity index is 6250. The van der Waals surface area contributed by atoms with E-state index in [-0.39, 0.29) is 85.0 Å². The summed E-state index contributed by atoms with van der Waals surface area (Å²) in [6.45, 7) is 1.13. The number of fused-ring (bicyclic) bond motifs is 14. The molecule has 0 bridgehead atoms. The summed E-state index contributed by atoms with van der Waals surface area (Å²) in [5.74, 6) is 2.07. The lowest BCUT2D eigenvalue weighted by Crippen LogP contribution is -2.23. The maximum absolute atomic E-state index is 15.1. The number of hydrogen-bond acceptors (Lipinski definition) is 8. The minimum Gasteiger partial charge on any atom is -0.489 e. The third kappa shape index (κ3) is 12.5. The van der Waals surface area contributed by atoms with Crippen molar-refractivity contribution in [2.45, 2.75) is 39.6 Å². The second-order valence-corrected chi connectivity index (χ2v) is 29.5. The lowest BCUT2D eigenvalue weighted by Gasteiger charge is -2.22. The third-order valence-electron chi connectivity index (χ3n) is 22.4. The summed E-state index contributed by atoms with van der Waals surface area (Å²) in [5, 5.41) is 9.61. The van der Waals surface area contributed by atoms with Crippen molar-refractivity contribution in [3.05, 3.63) is 420 Å². The maximum atomic E-state index is 15.1. The summed E-state index contributed by atoms with van der Waals surface area (Å²) in [5.41, 5.74) is 19.4. The van der Waals surface area contributed by atoms with Gasteiger partial charge in [0, 0.05) is 89.1 Å². The number of hydrogen-bond donors (Lipinski definition) is 0. The molecule has 0 unspecified atom stereocenters. The highest BCUT2D eigenvalue weighted by Crippen LogP contribution is 2.42. The lowest BCUT2D eigenvalue weighted by molar-refractivity contribution is 0.0971. The summed E-state index contributed by atoms with van der Waals surface area (Å²) in [4.78, 5) is 30.3. The summed E-state index contributed by atoms with van der Waals surface area (Å²) in [6, 6.07) is 124. The van der Waals surface area contributed by atoms with Crippen LogP contribution >= 0.6 is 0 Å². The summed E-state index contributed by atoms with van der Waals surface area (Å²) < 4.78 is 49.2. The van der Waals surface area contributed by atoms with E-state index in [1.165, 1.54) is 43.1 Å². The molecule has 0 aliphatic heterocycles. The van der Waals surface area contributed by atoms with Gasteiger partial charge >= 0.3 is 0 Å². The average molecular weight is 1510 g/mol. The van der Waals surface area contributed by atoms with Gasteiger partial charge in [0.15, 0.2) is 11.6 Å². The number of ether oxygens (including phenoxy) is 6. The number of carbonyl (C=O) groups excluding carboxylic acids is 2. The Morgan fingerprint density at radius 3 is 0.621 bits per heavy atom. The quantitative estimate of drug-likeness (QED) is 0.0660. The van der Waals surface area contributed by atoms with Gasteiger partial charge in [-0.05, 0) is 167 Å². The van der Waals surface area contributed by atoms with Crippen LogP contribution in [-0.2, 0) is 39.6 Å². The standard InChI is InChI=1S/C104H72N4O8/c109-103-90-28-18-38-100(116-66-72-57-79(113-63-69-43-51-75(52-44-69)107-95-33-13-5-23-85(95)86-24-6-14-34-96(86)107)60-80(58-72)114-64-70-45-53-76(54-46-70)108-97-35-15-7-25-87(97)88-26-8-16-36-98(88)108)102(90)104(110)89-27-17-37-99(101(89)103)115-65-71-55-77(111-61-67-39-47-73(48-40-67)105-91-29-9-1-19-81(91)82-20-2-10-30-92(82)105)59-78(56-71)112-62-68-41-49-74(50-42-68)106-93-31-11-3-21-83(93)84-22-4-12-32-94(84)106/h1-60H,61-66H2. The molecule has 0 amide bonds. The Labute approximate surface area is 667 Å². The molecule has 0 spiro atoms. The van der Waals surface area contributed by atoms with E-state index in [0.717, 1.165) is 100 Å². The van der Waals surface area contributed by atoms with Gasteiger partial charge in [-0.25, -0.2) is 0 Å². The third-order valence-corrected chi connectivity index (χ3v) is 22.4. The molecule has 4 aromatic heterocycles. The molecule has 12 nitrogen and oxygen atoms in total. The van der Waals surface area contributed by atoms with Gasteiger partial charge in [-0.3, -0.25) is 9.59 Å². The fourth-order valence-electron chi connectivity index (χ4n) is 16.9. The summed E-state index contributed by atoms with van der Waals surface area (Å²) in [7, 11) is 0. The van der Waals surface area contributed by atoms with Crippen molar-refractivity contribution < 1.29 is 38.0 Å². The Kier molecular flexibility index (Phi) is 17.3. The Hall–Kier alpha value is -15.1. The molecule has 1 aliphatic carbocycles. The highest BCUT2D eigenvalue weighted by atomic mass is 16.5. The molecule has 0 saturated heterocycles. The van der Waals surface area contributed by atoms with Crippen molar-refractivity contribution in [1.29, 1.82) is 0 Å². The van der Waals surface area contributed by atoms with E-state index in [4.69, 9.17) is 28.4 Å². The van der Waals surface area contributed by atoms with Crippen LogP contribution in [0.5, 0.6) is 34.5 Å². The zero-order valence-electron chi connectivity index (χ0n) is 62.9. The van der Waals surface area contributed by atoms with Crippen LogP contribution in [0.4, 0.5) is 0 Å². The first kappa shape index (κ1) is 68.9. The predicted octanol–water partition coefficient (Wildman–Crippen LogP) is 24.3. The van der Waals surface area contributed by atoms with Gasteiger partial charge < -0.3 is 46.7 Å². The minimum absolute atomic E-state index is 0.0166. The van der Waals surface area contributed by atoms with E-state index in [2.05, 4.69) is 309 Å². The van der Waals surface area contributed by atoms with E-state index >= 15 is 9.59 Å². The van der Waals surface area contributed by atoms with Gasteiger partial charge in [0.2, 0.25) is 0 Å². The molecule has 4 heterocycles. The first-order valence-electron chi connectivity index (χ1n) is 39.0. The second kappa shape index (κ2) is 29.2.